The first-order valence-electron chi connectivity index (χ1n) is 17.1. The number of pyridine rings is 1. The molecule has 3 aromatic carbocycles. The van der Waals surface area contributed by atoms with Gasteiger partial charge < -0.3 is 10.7 Å². The molecule has 7 rings (SSSR count). The van der Waals surface area contributed by atoms with Gasteiger partial charge in [0.25, 0.3) is 0 Å². The van der Waals surface area contributed by atoms with E-state index in [1.54, 1.807) is 0 Å². The monoisotopic (exact) mass is 583 g/mol. The van der Waals surface area contributed by atoms with Crippen LogP contribution in [0.2, 0.25) is 0 Å². The van der Waals surface area contributed by atoms with E-state index in [2.05, 4.69) is 66.0 Å². The van der Waals surface area contributed by atoms with Gasteiger partial charge in [-0.1, -0.05) is 99.5 Å². The molecule has 44 heavy (non-hydrogen) atoms. The van der Waals surface area contributed by atoms with Crippen LogP contribution in [-0.4, -0.2) is 17.0 Å². The number of ketones is 1. The molecule has 3 aliphatic carbocycles. The molecular weight excluding hydrogens is 538 g/mol. The zero-order valence-corrected chi connectivity index (χ0v) is 25.9. The summed E-state index contributed by atoms with van der Waals surface area (Å²) in [7, 11) is 0. The van der Waals surface area contributed by atoms with Crippen LogP contribution in [0.1, 0.15) is 110 Å². The van der Waals surface area contributed by atoms with Crippen molar-refractivity contribution in [2.45, 2.75) is 89.5 Å². The first kappa shape index (κ1) is 29.0. The van der Waals surface area contributed by atoms with Gasteiger partial charge in [-0.05, 0) is 95.9 Å². The van der Waals surface area contributed by atoms with Crippen LogP contribution in [0.15, 0.2) is 72.8 Å². The normalized spacial score (nSPS) is 22.0. The van der Waals surface area contributed by atoms with E-state index in [0.29, 0.717) is 18.3 Å². The summed E-state index contributed by atoms with van der Waals surface area (Å²) in [6, 6.07) is 25.4. The van der Waals surface area contributed by atoms with Crippen molar-refractivity contribution in [2.24, 2.45) is 17.8 Å². The summed E-state index contributed by atoms with van der Waals surface area (Å²) in [6.45, 7) is 0. The van der Waals surface area contributed by atoms with Crippen LogP contribution >= 0.6 is 0 Å². The van der Waals surface area contributed by atoms with Crippen molar-refractivity contribution in [3.05, 3.63) is 95.1 Å². The Bertz CT molecular complexity index is 1630. The van der Waals surface area contributed by atoms with Gasteiger partial charge in [0.15, 0.2) is 5.78 Å². The Hall–Kier alpha value is -3.79. The molecule has 0 radical (unpaired) electrons. The maximum absolute atomic E-state index is 14.3. The van der Waals surface area contributed by atoms with E-state index in [0.717, 1.165) is 64.2 Å². The van der Waals surface area contributed by atoms with Crippen LogP contribution in [0.5, 0.6) is 0 Å². The fourth-order valence-corrected chi connectivity index (χ4v) is 8.46. The van der Waals surface area contributed by atoms with Gasteiger partial charge in [-0.15, -0.1) is 0 Å². The lowest BCUT2D eigenvalue weighted by Gasteiger charge is -2.28. The largest absolute Gasteiger partial charge is 0.363 e. The molecule has 2 N–H and O–H groups in total. The number of nitrogens with one attached hydrogen (secondary N) is 2. The van der Waals surface area contributed by atoms with E-state index < -0.39 is 0 Å². The number of anilines is 1. The van der Waals surface area contributed by atoms with Gasteiger partial charge in [-0.2, -0.15) is 0 Å². The summed E-state index contributed by atoms with van der Waals surface area (Å²) >= 11 is 0. The quantitative estimate of drug-likeness (QED) is 0.152. The first-order chi connectivity index (χ1) is 21.6. The Morgan fingerprint density at radius 2 is 1.61 bits per heavy atom. The smallest absolute Gasteiger partial charge is 0.163 e. The predicted molar refractivity (Wildman–Crippen MR) is 182 cm³/mol. The molecule has 2 saturated carbocycles. The Kier molecular flexibility index (Phi) is 8.59. The lowest BCUT2D eigenvalue weighted by Crippen LogP contribution is -2.19. The van der Waals surface area contributed by atoms with Crippen molar-refractivity contribution >= 4 is 28.7 Å². The molecule has 0 amide bonds. The van der Waals surface area contributed by atoms with Gasteiger partial charge in [0.05, 0.1) is 11.6 Å². The molecule has 1 unspecified atom stereocenters. The minimum atomic E-state index is 0.203. The van der Waals surface area contributed by atoms with E-state index in [4.69, 9.17) is 10.4 Å². The van der Waals surface area contributed by atoms with Crippen LogP contribution in [0.3, 0.4) is 0 Å². The number of hydrogen-bond donors (Lipinski definition) is 2. The van der Waals surface area contributed by atoms with Crippen molar-refractivity contribution in [3.8, 4) is 11.1 Å². The van der Waals surface area contributed by atoms with Gasteiger partial charge in [-0.25, -0.2) is 4.98 Å². The number of carbonyl (C=O) groups excluding carboxylic acids is 1. The summed E-state index contributed by atoms with van der Waals surface area (Å²) in [6.07, 6.45) is 17.3. The number of fused-ring (bicyclic) bond motifs is 2. The number of benzene rings is 3. The Morgan fingerprint density at radius 1 is 0.818 bits per heavy atom. The van der Waals surface area contributed by atoms with Crippen molar-refractivity contribution in [2.75, 3.05) is 5.32 Å². The molecule has 1 heterocycles. The molecule has 226 valence electrons. The topological polar surface area (TPSA) is 65.8 Å². The second-order valence-electron chi connectivity index (χ2n) is 13.7. The van der Waals surface area contributed by atoms with Crippen molar-refractivity contribution in [1.82, 2.24) is 4.98 Å². The highest BCUT2D eigenvalue weighted by molar-refractivity contribution is 6.09. The molecule has 0 spiro atoms. The molecule has 0 bridgehead atoms. The molecule has 0 saturated heterocycles. The third kappa shape index (κ3) is 6.22. The molecule has 3 atom stereocenters. The SMILES string of the molecule is N=Cc1ccc(-c2ccc3nc(N[C@H]4CCCc5ccccc54)cc(C(=O)CC4CCC[C@H]4CC4CCCCC4)c3c2)cc1. The molecular formula is C40H45N3O. The van der Waals surface area contributed by atoms with Crippen LogP contribution in [0.25, 0.3) is 22.0 Å². The van der Waals surface area contributed by atoms with E-state index in [9.17, 15) is 4.79 Å². The van der Waals surface area contributed by atoms with Crippen LogP contribution in [0, 0.1) is 23.2 Å². The standard InChI is InChI=1S/C40H45N3O/c41-26-28-16-18-29(19-17-28)33-20-21-38-35(23-33)36(25-40(43-38)42-37-15-7-11-30-10-4-5-14-34(30)37)39(44)24-32-13-6-12-31(32)22-27-8-2-1-3-9-27/h4-5,10,14,16-21,23,25-27,31-32,37,41H,1-3,6-9,11-13,15,22,24H2,(H,42,43)/t31-,32?,37-/m0/s1. The molecule has 1 aromatic heterocycles. The number of hydrogen-bond acceptors (Lipinski definition) is 4. The number of nitrogens with zero attached hydrogens (tertiary/aromatic N) is 1. The fourth-order valence-electron chi connectivity index (χ4n) is 8.46. The summed E-state index contributed by atoms with van der Waals surface area (Å²) in [5.74, 6) is 3.11. The zero-order valence-electron chi connectivity index (χ0n) is 25.9. The van der Waals surface area contributed by atoms with Gasteiger partial charge in [0.2, 0.25) is 0 Å². The molecule has 3 aliphatic rings. The number of aromatic nitrogens is 1. The van der Waals surface area contributed by atoms with Crippen molar-refractivity contribution in [1.29, 1.82) is 5.41 Å². The molecule has 4 heteroatoms. The molecule has 4 aromatic rings. The molecule has 2 fully saturated rings. The second-order valence-corrected chi connectivity index (χ2v) is 13.7. The number of rotatable bonds is 9. The van der Waals surface area contributed by atoms with Gasteiger partial charge >= 0.3 is 0 Å². The summed E-state index contributed by atoms with van der Waals surface area (Å²) in [5, 5.41) is 12.3. The number of carbonyl (C=O) groups is 1. The Labute approximate surface area is 262 Å². The highest BCUT2D eigenvalue weighted by Gasteiger charge is 2.32. The van der Waals surface area contributed by atoms with Crippen LogP contribution in [-0.2, 0) is 6.42 Å². The van der Waals surface area contributed by atoms with Gasteiger partial charge in [0.1, 0.15) is 5.82 Å². The second kappa shape index (κ2) is 13.1. The third-order valence-corrected chi connectivity index (χ3v) is 10.8. The van der Waals surface area contributed by atoms with E-state index in [1.807, 2.05) is 12.1 Å². The number of aryl methyl sites for hydroxylation is 1. The minimum Gasteiger partial charge on any atom is -0.363 e. The maximum atomic E-state index is 14.3. The minimum absolute atomic E-state index is 0.203. The summed E-state index contributed by atoms with van der Waals surface area (Å²) in [5.41, 5.74) is 7.48. The lowest BCUT2D eigenvalue weighted by molar-refractivity contribution is 0.0945. The van der Waals surface area contributed by atoms with E-state index in [1.165, 1.54) is 75.1 Å². The Morgan fingerprint density at radius 3 is 2.45 bits per heavy atom. The van der Waals surface area contributed by atoms with Crippen molar-refractivity contribution in [3.63, 3.8) is 0 Å². The average molecular weight is 584 g/mol. The highest BCUT2D eigenvalue weighted by atomic mass is 16.1. The molecule has 4 nitrogen and oxygen atoms in total. The predicted octanol–water partition coefficient (Wildman–Crippen LogP) is 10.3. The summed E-state index contributed by atoms with van der Waals surface area (Å²) < 4.78 is 0. The van der Waals surface area contributed by atoms with E-state index in [-0.39, 0.29) is 11.8 Å². The number of Topliss-reactive ketones (excluding diaryl/α,β-unsaturated/α-hetero) is 1. The van der Waals surface area contributed by atoms with Gasteiger partial charge in [0, 0.05) is 23.6 Å². The van der Waals surface area contributed by atoms with Gasteiger partial charge in [-0.3, -0.25) is 4.79 Å². The van der Waals surface area contributed by atoms with Crippen LogP contribution < -0.4 is 5.32 Å². The van der Waals surface area contributed by atoms with Crippen LogP contribution in [0.4, 0.5) is 5.82 Å². The zero-order chi connectivity index (χ0) is 29.9. The third-order valence-electron chi connectivity index (χ3n) is 10.8. The van der Waals surface area contributed by atoms with Crippen molar-refractivity contribution < 1.29 is 4.79 Å². The van der Waals surface area contributed by atoms with E-state index >= 15 is 0 Å². The lowest BCUT2D eigenvalue weighted by atomic mass is 9.78. The summed E-state index contributed by atoms with van der Waals surface area (Å²) in [4.78, 5) is 19.4. The molecule has 0 aliphatic heterocycles. The first-order valence-corrected chi connectivity index (χ1v) is 17.1. The Balaban J connectivity index is 1.21. The maximum Gasteiger partial charge on any atom is 0.163 e. The average Bonchev–Trinajstić information content (AvgIpc) is 3.50. The highest BCUT2D eigenvalue weighted by Crippen LogP contribution is 2.42. The fraction of sp³-hybridized carbons (Fsp3) is 0.425.